The van der Waals surface area contributed by atoms with Gasteiger partial charge in [-0.3, -0.25) is 4.98 Å². The lowest BCUT2D eigenvalue weighted by atomic mass is 10.0. The first-order valence-corrected chi connectivity index (χ1v) is 4.50. The normalized spacial score (nSPS) is 12.5. The Bertz CT molecular complexity index is 267. The SMILES string of the molecule is C=C(C)C(N)CCc1cccnc1. The average molecular weight is 176 g/mol. The predicted molar refractivity (Wildman–Crippen MR) is 55.3 cm³/mol. The van der Waals surface area contributed by atoms with Gasteiger partial charge in [0.25, 0.3) is 0 Å². The summed E-state index contributed by atoms with van der Waals surface area (Å²) in [5.74, 6) is 0. The number of aromatic nitrogens is 1. The van der Waals surface area contributed by atoms with Crippen LogP contribution in [0.4, 0.5) is 0 Å². The second-order valence-corrected chi connectivity index (χ2v) is 3.35. The first-order valence-electron chi connectivity index (χ1n) is 4.50. The van der Waals surface area contributed by atoms with Gasteiger partial charge in [-0.05, 0) is 31.4 Å². The number of hydrogen-bond donors (Lipinski definition) is 1. The van der Waals surface area contributed by atoms with Crippen LogP contribution in [0.25, 0.3) is 0 Å². The van der Waals surface area contributed by atoms with Gasteiger partial charge in [0.15, 0.2) is 0 Å². The van der Waals surface area contributed by atoms with E-state index in [2.05, 4.69) is 17.6 Å². The van der Waals surface area contributed by atoms with Crippen molar-refractivity contribution in [3.05, 3.63) is 42.2 Å². The molecule has 1 atom stereocenters. The van der Waals surface area contributed by atoms with Crippen molar-refractivity contribution in [1.29, 1.82) is 0 Å². The van der Waals surface area contributed by atoms with Gasteiger partial charge >= 0.3 is 0 Å². The number of pyridine rings is 1. The zero-order valence-corrected chi connectivity index (χ0v) is 8.03. The molecule has 1 heterocycles. The molecule has 0 amide bonds. The van der Waals surface area contributed by atoms with Crippen LogP contribution in [0.15, 0.2) is 36.7 Å². The van der Waals surface area contributed by atoms with E-state index in [9.17, 15) is 0 Å². The van der Waals surface area contributed by atoms with Gasteiger partial charge in [-0.25, -0.2) is 0 Å². The Morgan fingerprint density at radius 1 is 1.69 bits per heavy atom. The minimum absolute atomic E-state index is 0.111. The highest BCUT2D eigenvalue weighted by Gasteiger charge is 2.02. The summed E-state index contributed by atoms with van der Waals surface area (Å²) < 4.78 is 0. The third-order valence-electron chi connectivity index (χ3n) is 2.10. The summed E-state index contributed by atoms with van der Waals surface area (Å²) in [6.45, 7) is 5.79. The number of nitrogens with two attached hydrogens (primary N) is 1. The van der Waals surface area contributed by atoms with Gasteiger partial charge in [-0.1, -0.05) is 18.2 Å². The smallest absolute Gasteiger partial charge is 0.0299 e. The molecule has 0 saturated heterocycles. The fourth-order valence-corrected chi connectivity index (χ4v) is 1.11. The van der Waals surface area contributed by atoms with Crippen LogP contribution in [-0.2, 0) is 6.42 Å². The van der Waals surface area contributed by atoms with Crippen molar-refractivity contribution in [2.24, 2.45) is 5.73 Å². The molecule has 13 heavy (non-hydrogen) atoms. The molecule has 0 aliphatic heterocycles. The second-order valence-electron chi connectivity index (χ2n) is 3.35. The summed E-state index contributed by atoms with van der Waals surface area (Å²) in [6, 6.07) is 4.12. The lowest BCUT2D eigenvalue weighted by molar-refractivity contribution is 0.689. The van der Waals surface area contributed by atoms with Crippen molar-refractivity contribution >= 4 is 0 Å². The van der Waals surface area contributed by atoms with Gasteiger partial charge in [0.1, 0.15) is 0 Å². The molecule has 2 nitrogen and oxygen atoms in total. The molecule has 0 saturated carbocycles. The maximum absolute atomic E-state index is 5.84. The Balaban J connectivity index is 2.39. The van der Waals surface area contributed by atoms with Gasteiger partial charge in [0.2, 0.25) is 0 Å². The number of hydrogen-bond acceptors (Lipinski definition) is 2. The van der Waals surface area contributed by atoms with Crippen molar-refractivity contribution in [3.63, 3.8) is 0 Å². The van der Waals surface area contributed by atoms with Crippen molar-refractivity contribution in [2.45, 2.75) is 25.8 Å². The van der Waals surface area contributed by atoms with Crippen molar-refractivity contribution < 1.29 is 0 Å². The standard InChI is InChI=1S/C11H16N2/c1-9(2)11(12)6-5-10-4-3-7-13-8-10/h3-4,7-8,11H,1,5-6,12H2,2H3. The molecule has 1 rings (SSSR count). The molecule has 0 radical (unpaired) electrons. The molecule has 0 aromatic carbocycles. The van der Waals surface area contributed by atoms with Crippen molar-refractivity contribution in [1.82, 2.24) is 4.98 Å². The molecule has 70 valence electrons. The third-order valence-corrected chi connectivity index (χ3v) is 2.10. The molecule has 0 spiro atoms. The Kier molecular flexibility index (Phi) is 3.65. The lowest BCUT2D eigenvalue weighted by Gasteiger charge is -2.10. The van der Waals surface area contributed by atoms with E-state index in [4.69, 9.17) is 5.73 Å². The van der Waals surface area contributed by atoms with Crippen LogP contribution in [0.3, 0.4) is 0 Å². The van der Waals surface area contributed by atoms with Gasteiger partial charge < -0.3 is 5.73 Å². The largest absolute Gasteiger partial charge is 0.324 e. The monoisotopic (exact) mass is 176 g/mol. The maximum Gasteiger partial charge on any atom is 0.0299 e. The quantitative estimate of drug-likeness (QED) is 0.712. The fourth-order valence-electron chi connectivity index (χ4n) is 1.11. The molecule has 2 heteroatoms. The van der Waals surface area contributed by atoms with Crippen LogP contribution in [0.5, 0.6) is 0 Å². The summed E-state index contributed by atoms with van der Waals surface area (Å²) >= 11 is 0. The molecule has 1 aromatic heterocycles. The van der Waals surface area contributed by atoms with Crippen LogP contribution >= 0.6 is 0 Å². The molecular weight excluding hydrogens is 160 g/mol. The van der Waals surface area contributed by atoms with E-state index in [1.165, 1.54) is 5.56 Å². The van der Waals surface area contributed by atoms with Crippen LogP contribution in [-0.4, -0.2) is 11.0 Å². The summed E-state index contributed by atoms with van der Waals surface area (Å²) in [5.41, 5.74) is 8.13. The topological polar surface area (TPSA) is 38.9 Å². The average Bonchev–Trinajstić information content (AvgIpc) is 2.15. The van der Waals surface area contributed by atoms with Crippen molar-refractivity contribution in [3.8, 4) is 0 Å². The van der Waals surface area contributed by atoms with E-state index in [0.29, 0.717) is 0 Å². The maximum atomic E-state index is 5.84. The van der Waals surface area contributed by atoms with E-state index in [0.717, 1.165) is 18.4 Å². The Labute approximate surface area is 79.5 Å². The summed E-state index contributed by atoms with van der Waals surface area (Å²) in [6.07, 6.45) is 5.58. The minimum atomic E-state index is 0.111. The number of nitrogens with zero attached hydrogens (tertiary/aromatic N) is 1. The zero-order chi connectivity index (χ0) is 9.68. The highest BCUT2D eigenvalue weighted by molar-refractivity contribution is 5.10. The first kappa shape index (κ1) is 9.93. The third kappa shape index (κ3) is 3.38. The molecular formula is C11H16N2. The van der Waals surface area contributed by atoms with E-state index in [-0.39, 0.29) is 6.04 Å². The van der Waals surface area contributed by atoms with Crippen LogP contribution < -0.4 is 5.73 Å². The molecule has 2 N–H and O–H groups in total. The Morgan fingerprint density at radius 3 is 3.00 bits per heavy atom. The highest BCUT2D eigenvalue weighted by atomic mass is 14.6. The number of rotatable bonds is 4. The molecule has 0 bridgehead atoms. The Hall–Kier alpha value is -1.15. The van der Waals surface area contributed by atoms with Crippen LogP contribution in [0.1, 0.15) is 18.9 Å². The van der Waals surface area contributed by atoms with Gasteiger partial charge in [0, 0.05) is 18.4 Å². The summed E-state index contributed by atoms with van der Waals surface area (Å²) in [4.78, 5) is 4.04. The fraction of sp³-hybridized carbons (Fsp3) is 0.364. The Morgan fingerprint density at radius 2 is 2.46 bits per heavy atom. The highest BCUT2D eigenvalue weighted by Crippen LogP contribution is 2.06. The second kappa shape index (κ2) is 4.77. The molecule has 0 aliphatic carbocycles. The van der Waals surface area contributed by atoms with Gasteiger partial charge in [0.05, 0.1) is 0 Å². The van der Waals surface area contributed by atoms with E-state index in [1.54, 1.807) is 6.20 Å². The lowest BCUT2D eigenvalue weighted by Crippen LogP contribution is -2.21. The molecule has 1 unspecified atom stereocenters. The predicted octanol–water partition coefficient (Wildman–Crippen LogP) is 1.92. The van der Waals surface area contributed by atoms with Gasteiger partial charge in [-0.15, -0.1) is 0 Å². The summed E-state index contributed by atoms with van der Waals surface area (Å²) in [7, 11) is 0. The molecule has 1 aromatic rings. The summed E-state index contributed by atoms with van der Waals surface area (Å²) in [5, 5.41) is 0. The van der Waals surface area contributed by atoms with Crippen molar-refractivity contribution in [2.75, 3.05) is 0 Å². The first-order chi connectivity index (χ1) is 6.20. The van der Waals surface area contributed by atoms with E-state index in [1.807, 2.05) is 19.2 Å². The number of aryl methyl sites for hydroxylation is 1. The zero-order valence-electron chi connectivity index (χ0n) is 8.03. The minimum Gasteiger partial charge on any atom is -0.324 e. The van der Waals surface area contributed by atoms with Crippen LogP contribution in [0, 0.1) is 0 Å². The van der Waals surface area contributed by atoms with Gasteiger partial charge in [-0.2, -0.15) is 0 Å². The van der Waals surface area contributed by atoms with E-state index >= 15 is 0 Å². The van der Waals surface area contributed by atoms with Crippen LogP contribution in [0.2, 0.25) is 0 Å². The molecule has 0 fully saturated rings. The molecule has 0 aliphatic rings. The van der Waals surface area contributed by atoms with E-state index < -0.39 is 0 Å².